The number of hydrogen-bond acceptors (Lipinski definition) is 1. The number of aliphatic hydroxyl groups is 1. The lowest BCUT2D eigenvalue weighted by molar-refractivity contribution is 0.177. The quantitative estimate of drug-likeness (QED) is 0.648. The van der Waals surface area contributed by atoms with Crippen LogP contribution in [-0.2, 0) is 0 Å². The fourth-order valence-electron chi connectivity index (χ4n) is 1.23. The third-order valence-electron chi connectivity index (χ3n) is 2.63. The van der Waals surface area contributed by atoms with E-state index in [2.05, 4.69) is 27.7 Å². The number of rotatable bonds is 5. The Morgan fingerprint density at radius 2 is 2.00 bits per heavy atom. The summed E-state index contributed by atoms with van der Waals surface area (Å²) < 4.78 is 0. The van der Waals surface area contributed by atoms with Crippen molar-refractivity contribution in [3.8, 4) is 0 Å². The molecule has 0 aromatic heterocycles. The minimum absolute atomic E-state index is 0.0371. The summed E-state index contributed by atoms with van der Waals surface area (Å²) in [4.78, 5) is 0. The molecule has 0 aliphatic rings. The zero-order chi connectivity index (χ0) is 8.91. The predicted octanol–water partition coefficient (Wildman–Crippen LogP) is 3.37. The summed E-state index contributed by atoms with van der Waals surface area (Å²) in [7, 11) is 0. The molecule has 0 aromatic rings. The molecular formula is C10H21O. The molecule has 2 atom stereocenters. The van der Waals surface area contributed by atoms with Gasteiger partial charge in [0.1, 0.15) is 0 Å². The van der Waals surface area contributed by atoms with E-state index in [-0.39, 0.29) is 5.41 Å². The topological polar surface area (TPSA) is 20.2 Å². The van der Waals surface area contributed by atoms with E-state index in [0.29, 0.717) is 5.92 Å². The lowest BCUT2D eigenvalue weighted by Crippen LogP contribution is -2.19. The molecule has 1 heteroatoms. The molecule has 1 nitrogen and oxygen atoms in total. The molecule has 0 fully saturated rings. The Labute approximate surface area is 70.8 Å². The van der Waals surface area contributed by atoms with Crippen LogP contribution in [0.15, 0.2) is 0 Å². The molecule has 0 aromatic carbocycles. The summed E-state index contributed by atoms with van der Waals surface area (Å²) >= 11 is 0. The molecule has 0 bridgehead atoms. The van der Waals surface area contributed by atoms with Gasteiger partial charge in [-0.25, -0.2) is 0 Å². The molecular weight excluding hydrogens is 136 g/mol. The van der Waals surface area contributed by atoms with Crippen molar-refractivity contribution in [2.24, 2.45) is 11.3 Å². The molecule has 0 amide bonds. The summed E-state index contributed by atoms with van der Waals surface area (Å²) in [6.07, 6.45) is 3.31. The van der Waals surface area contributed by atoms with E-state index in [0.717, 1.165) is 12.8 Å². The van der Waals surface area contributed by atoms with Crippen LogP contribution < -0.4 is 0 Å². The number of hydrogen-bond donors (Lipinski definition) is 1. The Balaban J connectivity index is 3.86. The fourth-order valence-corrected chi connectivity index (χ4v) is 1.23. The Kier molecular flexibility index (Phi) is 4.74. The summed E-state index contributed by atoms with van der Waals surface area (Å²) in [5, 5.41) is 9.00. The van der Waals surface area contributed by atoms with Gasteiger partial charge in [0, 0.05) is 0 Å². The van der Waals surface area contributed by atoms with Gasteiger partial charge in [0.05, 0.1) is 6.61 Å². The third kappa shape index (κ3) is 3.76. The van der Waals surface area contributed by atoms with Crippen LogP contribution in [0.2, 0.25) is 0 Å². The monoisotopic (exact) mass is 157 g/mol. The summed E-state index contributed by atoms with van der Waals surface area (Å²) in [6, 6.07) is 0. The Hall–Kier alpha value is -0.0400. The van der Waals surface area contributed by atoms with Crippen molar-refractivity contribution in [2.45, 2.75) is 47.0 Å². The highest BCUT2D eigenvalue weighted by Crippen LogP contribution is 2.32. The van der Waals surface area contributed by atoms with Crippen molar-refractivity contribution >= 4 is 0 Å². The summed E-state index contributed by atoms with van der Waals surface area (Å²) in [6.45, 7) is 10.0. The van der Waals surface area contributed by atoms with Gasteiger partial charge >= 0.3 is 0 Å². The summed E-state index contributed by atoms with van der Waals surface area (Å²) in [5.41, 5.74) is 0.0371. The second-order valence-corrected chi connectivity index (χ2v) is 3.85. The van der Waals surface area contributed by atoms with Gasteiger partial charge in [0.2, 0.25) is 0 Å². The first kappa shape index (κ1) is 11.0. The van der Waals surface area contributed by atoms with Crippen molar-refractivity contribution in [1.29, 1.82) is 0 Å². The van der Waals surface area contributed by atoms with E-state index < -0.39 is 0 Å². The minimum atomic E-state index is 0.0371. The largest absolute Gasteiger partial charge is 0.390 e. The SMILES string of the molecule is CCC(C)CC(C)([CH]O)CC. The highest BCUT2D eigenvalue weighted by molar-refractivity contribution is 4.81. The molecule has 0 heterocycles. The minimum Gasteiger partial charge on any atom is -0.390 e. The van der Waals surface area contributed by atoms with E-state index in [4.69, 9.17) is 5.11 Å². The van der Waals surface area contributed by atoms with E-state index >= 15 is 0 Å². The van der Waals surface area contributed by atoms with E-state index in [1.807, 2.05) is 0 Å². The Morgan fingerprint density at radius 1 is 1.45 bits per heavy atom. The average molecular weight is 157 g/mol. The third-order valence-corrected chi connectivity index (χ3v) is 2.63. The maximum atomic E-state index is 9.00. The molecule has 1 radical (unpaired) electrons. The second-order valence-electron chi connectivity index (χ2n) is 3.85. The molecule has 0 aliphatic heterocycles. The predicted molar refractivity (Wildman–Crippen MR) is 48.7 cm³/mol. The van der Waals surface area contributed by atoms with Crippen LogP contribution in [0.4, 0.5) is 0 Å². The van der Waals surface area contributed by atoms with Crippen LogP contribution in [0.5, 0.6) is 0 Å². The number of aliphatic hydroxyl groups excluding tert-OH is 1. The highest BCUT2D eigenvalue weighted by atomic mass is 16.3. The van der Waals surface area contributed by atoms with Crippen molar-refractivity contribution in [3.63, 3.8) is 0 Å². The van der Waals surface area contributed by atoms with E-state index in [1.165, 1.54) is 13.0 Å². The molecule has 0 saturated carbocycles. The van der Waals surface area contributed by atoms with Gasteiger partial charge in [-0.3, -0.25) is 0 Å². The zero-order valence-corrected chi connectivity index (χ0v) is 8.22. The molecule has 67 valence electrons. The molecule has 0 rings (SSSR count). The summed E-state index contributed by atoms with van der Waals surface area (Å²) in [5.74, 6) is 0.711. The molecule has 2 unspecified atom stereocenters. The average Bonchev–Trinajstić information content (AvgIpc) is 2.04. The highest BCUT2D eigenvalue weighted by Gasteiger charge is 2.23. The van der Waals surface area contributed by atoms with Gasteiger partial charge in [-0.15, -0.1) is 0 Å². The van der Waals surface area contributed by atoms with Gasteiger partial charge in [-0.2, -0.15) is 0 Å². The smallest absolute Gasteiger partial charge is 0.0857 e. The molecule has 1 N–H and O–H groups in total. The van der Waals surface area contributed by atoms with Crippen LogP contribution >= 0.6 is 0 Å². The normalized spacial score (nSPS) is 19.4. The lowest BCUT2D eigenvalue weighted by atomic mass is 9.79. The van der Waals surface area contributed by atoms with Crippen LogP contribution in [-0.4, -0.2) is 5.11 Å². The maximum Gasteiger partial charge on any atom is 0.0857 e. The fraction of sp³-hybridized carbons (Fsp3) is 0.900. The standard InChI is InChI=1S/C10H21O/c1-5-9(3)7-10(4,6-2)8-11/h8-9,11H,5-7H2,1-4H3. The van der Waals surface area contributed by atoms with Crippen LogP contribution in [0.1, 0.15) is 47.0 Å². The second kappa shape index (κ2) is 4.76. The van der Waals surface area contributed by atoms with Gasteiger partial charge in [-0.05, 0) is 24.2 Å². The molecule has 0 spiro atoms. The zero-order valence-electron chi connectivity index (χ0n) is 8.22. The van der Waals surface area contributed by atoms with Gasteiger partial charge in [-0.1, -0.05) is 34.1 Å². The van der Waals surface area contributed by atoms with Crippen LogP contribution in [0.25, 0.3) is 0 Å². The maximum absolute atomic E-state index is 9.00. The Bertz CT molecular complexity index is 95.0. The van der Waals surface area contributed by atoms with E-state index in [1.54, 1.807) is 0 Å². The van der Waals surface area contributed by atoms with Crippen molar-refractivity contribution in [3.05, 3.63) is 6.61 Å². The van der Waals surface area contributed by atoms with Crippen molar-refractivity contribution < 1.29 is 5.11 Å². The first-order valence-corrected chi connectivity index (χ1v) is 4.56. The lowest BCUT2D eigenvalue weighted by Gasteiger charge is -2.27. The first-order valence-electron chi connectivity index (χ1n) is 4.56. The molecule has 11 heavy (non-hydrogen) atoms. The van der Waals surface area contributed by atoms with Gasteiger partial charge in [0.25, 0.3) is 0 Å². The van der Waals surface area contributed by atoms with Gasteiger partial charge in [0.15, 0.2) is 0 Å². The van der Waals surface area contributed by atoms with Gasteiger partial charge < -0.3 is 5.11 Å². The van der Waals surface area contributed by atoms with Crippen molar-refractivity contribution in [2.75, 3.05) is 0 Å². The van der Waals surface area contributed by atoms with Crippen molar-refractivity contribution in [1.82, 2.24) is 0 Å². The molecule has 0 aliphatic carbocycles. The van der Waals surface area contributed by atoms with Crippen LogP contribution in [0, 0.1) is 17.9 Å². The first-order chi connectivity index (χ1) is 5.08. The van der Waals surface area contributed by atoms with Crippen LogP contribution in [0.3, 0.4) is 0 Å². The Morgan fingerprint density at radius 3 is 2.27 bits per heavy atom. The molecule has 0 saturated heterocycles. The van der Waals surface area contributed by atoms with E-state index in [9.17, 15) is 0 Å².